The van der Waals surface area contributed by atoms with Crippen molar-refractivity contribution in [1.82, 2.24) is 0 Å². The molecule has 8 rings (SSSR count). The van der Waals surface area contributed by atoms with E-state index in [1.165, 1.54) is 6.92 Å². The van der Waals surface area contributed by atoms with Crippen molar-refractivity contribution in [2.24, 2.45) is 45.3 Å². The Kier molecular flexibility index (Phi) is 17.9. The molecule has 0 bridgehead atoms. The van der Waals surface area contributed by atoms with Crippen LogP contribution >= 0.6 is 0 Å². The largest absolute Gasteiger partial charge is 0.394 e. The van der Waals surface area contributed by atoms with Gasteiger partial charge in [-0.15, -0.1) is 0 Å². The molecule has 4 aliphatic carbocycles. The van der Waals surface area contributed by atoms with Gasteiger partial charge in [-0.3, -0.25) is 4.79 Å². The second kappa shape index (κ2) is 22.5. The normalized spacial score (nSPS) is 51.8. The van der Waals surface area contributed by atoms with E-state index in [2.05, 4.69) is 34.6 Å². The maximum Gasteiger partial charge on any atom is 0.187 e. The molecule has 4 unspecified atom stereocenters. The Hall–Kier alpha value is -1.43. The van der Waals surface area contributed by atoms with E-state index in [4.69, 9.17) is 37.9 Å². The third kappa shape index (κ3) is 10.5. The van der Waals surface area contributed by atoms with Gasteiger partial charge in [-0.1, -0.05) is 46.3 Å². The van der Waals surface area contributed by atoms with Crippen molar-refractivity contribution in [1.29, 1.82) is 0 Å². The van der Waals surface area contributed by atoms with Gasteiger partial charge in [0.2, 0.25) is 0 Å². The van der Waals surface area contributed by atoms with Gasteiger partial charge < -0.3 is 104 Å². The molecule has 13 N–H and O–H groups in total. The number of allylic oxidation sites excluding steroid dienone is 2. The van der Waals surface area contributed by atoms with Crippen molar-refractivity contribution in [2.45, 2.75) is 242 Å². The third-order valence-electron chi connectivity index (χ3n) is 20.2. The fourth-order valence-corrected chi connectivity index (χ4v) is 15.6. The zero-order chi connectivity index (χ0) is 55.1. The van der Waals surface area contributed by atoms with E-state index in [-0.39, 0.29) is 54.5 Å². The molecule has 0 aromatic carbocycles. The lowest BCUT2D eigenvalue weighted by molar-refractivity contribution is -0.388. The minimum atomic E-state index is -1.85. The number of carbonyl (C=O) groups excluding carboxylic acids is 1. The van der Waals surface area contributed by atoms with Crippen molar-refractivity contribution in [3.8, 4) is 0 Å². The summed E-state index contributed by atoms with van der Waals surface area (Å²) in [5.74, 6) is -1.07. The first-order valence-corrected chi connectivity index (χ1v) is 27.2. The highest BCUT2D eigenvalue weighted by Gasteiger charge is 2.72. The summed E-state index contributed by atoms with van der Waals surface area (Å²) in [6.07, 6.45) is -23.1. The van der Waals surface area contributed by atoms with Crippen LogP contribution in [0.1, 0.15) is 113 Å². The van der Waals surface area contributed by atoms with Gasteiger partial charge in [0.1, 0.15) is 91.2 Å². The van der Waals surface area contributed by atoms with Crippen LogP contribution in [0.2, 0.25) is 0 Å². The van der Waals surface area contributed by atoms with Crippen LogP contribution in [0.3, 0.4) is 0 Å². The second-order valence-electron chi connectivity index (χ2n) is 25.0. The zero-order valence-electron chi connectivity index (χ0n) is 44.6. The summed E-state index contributed by atoms with van der Waals surface area (Å²) in [5, 5.41) is 140. The summed E-state index contributed by atoms with van der Waals surface area (Å²) in [5.41, 5.74) is -2.40. The minimum Gasteiger partial charge on any atom is -0.394 e. The third-order valence-corrected chi connectivity index (χ3v) is 20.2. The van der Waals surface area contributed by atoms with E-state index in [9.17, 15) is 66.4 Å². The van der Waals surface area contributed by atoms with Crippen LogP contribution < -0.4 is 0 Å². The monoisotopic (exact) mass is 1080 g/mol. The molecule has 0 spiro atoms. The number of hydrogen-bond donors (Lipinski definition) is 13. The summed E-state index contributed by atoms with van der Waals surface area (Å²) in [6.45, 7) is 14.3. The van der Waals surface area contributed by atoms with Crippen molar-refractivity contribution < 1.29 is 109 Å². The minimum absolute atomic E-state index is 0.00406. The van der Waals surface area contributed by atoms with Crippen molar-refractivity contribution >= 4 is 5.78 Å². The highest BCUT2D eigenvalue weighted by Crippen LogP contribution is 2.75. The first-order chi connectivity index (χ1) is 35.1. The number of ether oxygens (including phenoxy) is 8. The molecule has 0 aromatic heterocycles. The first kappa shape index (κ1) is 59.7. The number of hydrogen-bond acceptors (Lipinski definition) is 22. The van der Waals surface area contributed by atoms with Crippen molar-refractivity contribution in [2.75, 3.05) is 26.4 Å². The molecule has 0 amide bonds. The summed E-state index contributed by atoms with van der Waals surface area (Å²) >= 11 is 0. The molecule has 28 atom stereocenters. The predicted octanol–water partition coefficient (Wildman–Crippen LogP) is -1.36. The fraction of sp³-hybridized carbons (Fsp3) is 0.943. The van der Waals surface area contributed by atoms with E-state index in [1.54, 1.807) is 0 Å². The Labute approximate surface area is 438 Å². The lowest BCUT2D eigenvalue weighted by Gasteiger charge is -2.69. The lowest BCUT2D eigenvalue weighted by atomic mass is 9.35. The molecule has 4 heterocycles. The molecule has 8 aliphatic rings. The van der Waals surface area contributed by atoms with Gasteiger partial charge in [0.15, 0.2) is 25.2 Å². The maximum absolute atomic E-state index is 15.2. The van der Waals surface area contributed by atoms with Gasteiger partial charge in [0, 0.05) is 18.3 Å². The summed E-state index contributed by atoms with van der Waals surface area (Å²) < 4.78 is 48.9. The number of fused-ring (bicyclic) bond motifs is 5. The van der Waals surface area contributed by atoms with Gasteiger partial charge in [-0.25, -0.2) is 0 Å². The molecule has 22 nitrogen and oxygen atoms in total. The Morgan fingerprint density at radius 3 is 1.83 bits per heavy atom. The molecule has 4 saturated carbocycles. The first-order valence-electron chi connectivity index (χ1n) is 27.2. The van der Waals surface area contributed by atoms with Gasteiger partial charge >= 0.3 is 0 Å². The molecule has 4 aliphatic heterocycles. The SMILES string of the molecule is CC(C)=CCC[C@@](O)(CO[C@@H]1O[C@H](CO)[C@@H](O)[C@H](O)[C@H]1O)C1CC[C@]2(C)C1C(=O)CC1[C@@]3(C)CC[C@H](O[C@@H]4OC[C@H](O)[C@H](O[C@@H]5O[C@H](CO)[C@@H](O)[C@H](O)[C@H]5O)[C@H]4O[C@@H]4O[C@@H](C)[C@H](O)[C@@H](O)[C@H]4O)C(C)(C)C3CC[C@]12C. The highest BCUT2D eigenvalue weighted by atomic mass is 16.8. The molecule has 22 heteroatoms. The quantitative estimate of drug-likeness (QED) is 0.0666. The molecule has 0 aromatic rings. The number of carbonyl (C=O) groups is 1. The van der Waals surface area contributed by atoms with E-state index in [0.717, 1.165) is 18.4 Å². The van der Waals surface area contributed by atoms with Crippen LogP contribution in [-0.2, 0) is 42.7 Å². The predicted molar refractivity (Wildman–Crippen MR) is 259 cm³/mol. The Balaban J connectivity index is 1.03. The van der Waals surface area contributed by atoms with E-state index in [0.29, 0.717) is 32.1 Å². The molecular weight excluding hydrogens is 989 g/mol. The number of aliphatic hydroxyl groups excluding tert-OH is 12. The highest BCUT2D eigenvalue weighted by molar-refractivity contribution is 5.84. The number of rotatable bonds is 15. The van der Waals surface area contributed by atoms with Gasteiger partial charge in [-0.2, -0.15) is 0 Å². The number of aliphatic hydroxyl groups is 13. The average Bonchev–Trinajstić information content (AvgIpc) is 3.75. The van der Waals surface area contributed by atoms with Gasteiger partial charge in [-0.05, 0) is 106 Å². The topological polar surface area (TPSA) is 354 Å². The molecule has 432 valence electrons. The van der Waals surface area contributed by atoms with E-state index < -0.39 is 164 Å². The molecule has 0 radical (unpaired) electrons. The zero-order valence-corrected chi connectivity index (χ0v) is 44.6. The standard InChI is InChI=1S/C53H88O22/c1-23(2)10-9-14-53(67,22-69-45-40(64)38(62)35(59)28(19-54)71-45)25-11-16-52(8)33(25)26(56)18-31-50(6)15-13-32(49(4,5)30(50)12-17-51(31,52)7)73-48-44(75-46-41(65)37(61)34(58)24(3)70-46)43(27(57)21-68-48)74-47-42(66)39(63)36(60)29(20-55)72-47/h10,24-25,27-48,54-55,57-67H,9,11-22H2,1-8H3/t24-,25?,27-,28+,29+,30?,31?,32-,33?,34-,35+,36+,37+,38-,39-,40+,41+,42+,43-,44+,45+,46-,47-,48-,50-,51+,52+,53+/m0/s1. The molecule has 4 saturated heterocycles. The van der Waals surface area contributed by atoms with Crippen molar-refractivity contribution in [3.05, 3.63) is 11.6 Å². The Bertz CT molecular complexity index is 1990. The van der Waals surface area contributed by atoms with E-state index in [1.807, 2.05) is 19.9 Å². The second-order valence-corrected chi connectivity index (χ2v) is 25.0. The smallest absolute Gasteiger partial charge is 0.187 e. The van der Waals surface area contributed by atoms with Crippen LogP contribution in [0.15, 0.2) is 11.6 Å². The summed E-state index contributed by atoms with van der Waals surface area (Å²) in [4.78, 5) is 15.2. The van der Waals surface area contributed by atoms with E-state index >= 15 is 4.79 Å². The van der Waals surface area contributed by atoms with Crippen LogP contribution in [0.25, 0.3) is 0 Å². The van der Waals surface area contributed by atoms with Crippen LogP contribution in [0, 0.1) is 45.3 Å². The summed E-state index contributed by atoms with van der Waals surface area (Å²) in [7, 11) is 0. The molecular formula is C53H88O22. The van der Waals surface area contributed by atoms with Crippen molar-refractivity contribution in [3.63, 3.8) is 0 Å². The Morgan fingerprint density at radius 1 is 0.653 bits per heavy atom. The summed E-state index contributed by atoms with van der Waals surface area (Å²) in [6, 6.07) is 0. The molecule has 8 fully saturated rings. The number of ketones is 1. The Morgan fingerprint density at radius 2 is 1.21 bits per heavy atom. The van der Waals surface area contributed by atoms with Crippen LogP contribution in [-0.4, -0.2) is 227 Å². The fourth-order valence-electron chi connectivity index (χ4n) is 15.6. The van der Waals surface area contributed by atoms with Crippen LogP contribution in [0.5, 0.6) is 0 Å². The van der Waals surface area contributed by atoms with Gasteiger partial charge in [0.05, 0.1) is 44.2 Å². The lowest BCUT2D eigenvalue weighted by Crippen LogP contribution is -2.67. The average molecular weight is 1080 g/mol. The molecule has 75 heavy (non-hydrogen) atoms. The van der Waals surface area contributed by atoms with Crippen LogP contribution in [0.4, 0.5) is 0 Å². The number of Topliss-reactive ketones (excluding diaryl/α,β-unsaturated/α-hetero) is 1. The maximum atomic E-state index is 15.2. The van der Waals surface area contributed by atoms with Gasteiger partial charge in [0.25, 0.3) is 0 Å².